The lowest BCUT2D eigenvalue weighted by molar-refractivity contribution is 0.248. The highest BCUT2D eigenvalue weighted by molar-refractivity contribution is 5.59. The number of aromatic nitrogens is 2. The normalized spacial score (nSPS) is 11.0. The van der Waals surface area contributed by atoms with Crippen molar-refractivity contribution in [3.8, 4) is 23.0 Å². The molecule has 0 amide bonds. The first-order valence-corrected chi connectivity index (χ1v) is 5.55. The number of hydrogen-bond donors (Lipinski definition) is 1. The van der Waals surface area contributed by atoms with Crippen LogP contribution in [-0.4, -0.2) is 14.7 Å². The molecule has 0 saturated heterocycles. The van der Waals surface area contributed by atoms with Gasteiger partial charge in [-0.3, -0.25) is 0 Å². The molecule has 0 radical (unpaired) electrons. The summed E-state index contributed by atoms with van der Waals surface area (Å²) >= 11 is 0. The first-order valence-electron chi connectivity index (χ1n) is 5.55. The van der Waals surface area contributed by atoms with Gasteiger partial charge in [-0.1, -0.05) is 0 Å². The molecule has 3 heterocycles. The van der Waals surface area contributed by atoms with Crippen molar-refractivity contribution in [2.24, 2.45) is 7.05 Å². The van der Waals surface area contributed by atoms with Crippen LogP contribution in [0.3, 0.4) is 0 Å². The first kappa shape index (κ1) is 10.9. The predicted molar refractivity (Wildman–Crippen MR) is 64.5 cm³/mol. The fraction of sp³-hybridized carbons (Fsp3) is 0.154. The number of imidazole rings is 1. The molecule has 0 saturated carbocycles. The van der Waals surface area contributed by atoms with E-state index in [-0.39, 0.29) is 6.61 Å². The third-order valence-electron chi connectivity index (χ3n) is 2.80. The lowest BCUT2D eigenvalue weighted by Crippen LogP contribution is -1.93. The molecule has 0 aliphatic carbocycles. The summed E-state index contributed by atoms with van der Waals surface area (Å²) in [4.78, 5) is 4.32. The molecule has 5 heteroatoms. The Labute approximate surface area is 103 Å². The molecule has 92 valence electrons. The Balaban J connectivity index is 2.04. The van der Waals surface area contributed by atoms with Gasteiger partial charge in [0.15, 0.2) is 17.3 Å². The summed E-state index contributed by atoms with van der Waals surface area (Å²) in [7, 11) is 1.89. The van der Waals surface area contributed by atoms with E-state index < -0.39 is 0 Å². The summed E-state index contributed by atoms with van der Waals surface area (Å²) in [6.45, 7) is -0.108. The zero-order valence-corrected chi connectivity index (χ0v) is 9.83. The van der Waals surface area contributed by atoms with Crippen molar-refractivity contribution in [3.63, 3.8) is 0 Å². The van der Waals surface area contributed by atoms with Crippen LogP contribution in [0.25, 0.3) is 23.0 Å². The molecule has 0 unspecified atom stereocenters. The lowest BCUT2D eigenvalue weighted by atomic mass is 10.3. The van der Waals surface area contributed by atoms with Gasteiger partial charge in [0.05, 0.1) is 12.5 Å². The van der Waals surface area contributed by atoms with Gasteiger partial charge in [0, 0.05) is 7.05 Å². The molecule has 0 aliphatic heterocycles. The third kappa shape index (κ3) is 1.65. The fourth-order valence-corrected chi connectivity index (χ4v) is 1.87. The Morgan fingerprint density at radius 3 is 2.83 bits per heavy atom. The van der Waals surface area contributed by atoms with Crippen LogP contribution >= 0.6 is 0 Å². The topological polar surface area (TPSA) is 64.3 Å². The number of nitrogens with zero attached hydrogens (tertiary/aromatic N) is 2. The highest BCUT2D eigenvalue weighted by Gasteiger charge is 2.14. The van der Waals surface area contributed by atoms with Crippen molar-refractivity contribution in [2.45, 2.75) is 6.61 Å². The maximum absolute atomic E-state index is 8.99. The van der Waals surface area contributed by atoms with E-state index in [9.17, 15) is 0 Å². The Morgan fingerprint density at radius 1 is 1.28 bits per heavy atom. The summed E-state index contributed by atoms with van der Waals surface area (Å²) in [5.74, 6) is 2.65. The summed E-state index contributed by atoms with van der Waals surface area (Å²) in [6, 6.07) is 7.23. The van der Waals surface area contributed by atoms with Gasteiger partial charge in [0.1, 0.15) is 18.1 Å². The SMILES string of the molecule is Cn1c(-c2ccc(CO)o2)cnc1-c1ccco1. The van der Waals surface area contributed by atoms with Gasteiger partial charge in [0.25, 0.3) is 0 Å². The highest BCUT2D eigenvalue weighted by Crippen LogP contribution is 2.26. The second kappa shape index (κ2) is 4.19. The standard InChI is InChI=1S/C13H12N2O3/c1-15-10(11-5-4-9(8-16)18-11)7-14-13(15)12-3-2-6-17-12/h2-7,16H,8H2,1H3. The van der Waals surface area contributed by atoms with Gasteiger partial charge in [-0.25, -0.2) is 4.98 Å². The van der Waals surface area contributed by atoms with Crippen molar-refractivity contribution in [3.05, 3.63) is 42.5 Å². The molecule has 1 N–H and O–H groups in total. The lowest BCUT2D eigenvalue weighted by Gasteiger charge is -2.01. The van der Waals surface area contributed by atoms with Crippen molar-refractivity contribution >= 4 is 0 Å². The quantitative estimate of drug-likeness (QED) is 0.768. The molecular weight excluding hydrogens is 232 g/mol. The van der Waals surface area contributed by atoms with Gasteiger partial charge in [-0.05, 0) is 24.3 Å². The Morgan fingerprint density at radius 2 is 2.17 bits per heavy atom. The smallest absolute Gasteiger partial charge is 0.176 e. The molecule has 0 aromatic carbocycles. The van der Waals surface area contributed by atoms with E-state index in [2.05, 4.69) is 4.98 Å². The van der Waals surface area contributed by atoms with Crippen molar-refractivity contribution in [1.29, 1.82) is 0 Å². The average molecular weight is 244 g/mol. The predicted octanol–water partition coefficient (Wildman–Crippen LogP) is 2.43. The summed E-state index contributed by atoms with van der Waals surface area (Å²) < 4.78 is 12.7. The molecule has 0 aliphatic rings. The Bertz CT molecular complexity index is 650. The van der Waals surface area contributed by atoms with Crippen LogP contribution in [0.1, 0.15) is 5.76 Å². The molecule has 3 aromatic heterocycles. The van der Waals surface area contributed by atoms with Crippen molar-refractivity contribution in [2.75, 3.05) is 0 Å². The van der Waals surface area contributed by atoms with Gasteiger partial charge < -0.3 is 18.5 Å². The molecular formula is C13H12N2O3. The van der Waals surface area contributed by atoms with E-state index >= 15 is 0 Å². The van der Waals surface area contributed by atoms with Crippen LogP contribution < -0.4 is 0 Å². The number of aliphatic hydroxyl groups excluding tert-OH is 1. The minimum absolute atomic E-state index is 0.108. The monoisotopic (exact) mass is 244 g/mol. The minimum Gasteiger partial charge on any atom is -0.461 e. The maximum atomic E-state index is 8.99. The molecule has 0 atom stereocenters. The second-order valence-corrected chi connectivity index (χ2v) is 3.93. The van der Waals surface area contributed by atoms with E-state index in [0.29, 0.717) is 17.3 Å². The number of rotatable bonds is 3. The van der Waals surface area contributed by atoms with Crippen LogP contribution in [0.5, 0.6) is 0 Å². The minimum atomic E-state index is -0.108. The van der Waals surface area contributed by atoms with Crippen molar-refractivity contribution < 1.29 is 13.9 Å². The zero-order chi connectivity index (χ0) is 12.5. The van der Waals surface area contributed by atoms with Gasteiger partial charge >= 0.3 is 0 Å². The van der Waals surface area contributed by atoms with E-state index in [4.69, 9.17) is 13.9 Å². The van der Waals surface area contributed by atoms with Crippen LogP contribution in [-0.2, 0) is 13.7 Å². The zero-order valence-electron chi connectivity index (χ0n) is 9.83. The summed E-state index contributed by atoms with van der Waals surface area (Å²) in [6.07, 6.45) is 3.33. The third-order valence-corrected chi connectivity index (χ3v) is 2.80. The van der Waals surface area contributed by atoms with E-state index in [1.165, 1.54) is 0 Å². The van der Waals surface area contributed by atoms with Crippen LogP contribution in [0.15, 0.2) is 45.6 Å². The molecule has 5 nitrogen and oxygen atoms in total. The molecule has 18 heavy (non-hydrogen) atoms. The Hall–Kier alpha value is -2.27. The van der Waals surface area contributed by atoms with Gasteiger partial charge in [-0.15, -0.1) is 0 Å². The molecule has 0 fully saturated rings. The van der Waals surface area contributed by atoms with E-state index in [1.807, 2.05) is 29.8 Å². The van der Waals surface area contributed by atoms with Crippen LogP contribution in [0.4, 0.5) is 0 Å². The second-order valence-electron chi connectivity index (χ2n) is 3.93. The highest BCUT2D eigenvalue weighted by atomic mass is 16.4. The van der Waals surface area contributed by atoms with Gasteiger partial charge in [0.2, 0.25) is 0 Å². The average Bonchev–Trinajstić information content (AvgIpc) is 3.07. The van der Waals surface area contributed by atoms with Crippen molar-refractivity contribution in [1.82, 2.24) is 9.55 Å². The molecule has 0 bridgehead atoms. The number of furan rings is 2. The fourth-order valence-electron chi connectivity index (χ4n) is 1.87. The van der Waals surface area contributed by atoms with E-state index in [0.717, 1.165) is 11.5 Å². The van der Waals surface area contributed by atoms with Crippen LogP contribution in [0.2, 0.25) is 0 Å². The van der Waals surface area contributed by atoms with Gasteiger partial charge in [-0.2, -0.15) is 0 Å². The first-order chi connectivity index (χ1) is 8.79. The molecule has 0 spiro atoms. The van der Waals surface area contributed by atoms with Crippen LogP contribution in [0, 0.1) is 0 Å². The molecule has 3 rings (SSSR count). The number of aliphatic hydroxyl groups is 1. The maximum Gasteiger partial charge on any atom is 0.176 e. The summed E-state index contributed by atoms with van der Waals surface area (Å²) in [5.41, 5.74) is 0.834. The molecule has 3 aromatic rings. The largest absolute Gasteiger partial charge is 0.461 e. The Kier molecular flexibility index (Phi) is 2.53. The summed E-state index contributed by atoms with van der Waals surface area (Å²) in [5, 5.41) is 8.99. The number of hydrogen-bond acceptors (Lipinski definition) is 4. The van der Waals surface area contributed by atoms with E-state index in [1.54, 1.807) is 18.5 Å².